The molecule has 1 N–H and O–H groups in total. The molecule has 23 heavy (non-hydrogen) atoms. The van der Waals surface area contributed by atoms with Crippen LogP contribution in [-0.4, -0.2) is 42.4 Å². The number of nitrogens with one attached hydrogen (secondary N) is 1. The zero-order valence-corrected chi connectivity index (χ0v) is 13.6. The van der Waals surface area contributed by atoms with Crippen molar-refractivity contribution in [3.05, 3.63) is 35.4 Å². The number of benzene rings is 1. The van der Waals surface area contributed by atoms with Crippen molar-refractivity contribution in [2.24, 2.45) is 11.8 Å². The third-order valence-corrected chi connectivity index (χ3v) is 5.14. The first-order chi connectivity index (χ1) is 10.8. The van der Waals surface area contributed by atoms with E-state index in [4.69, 9.17) is 4.74 Å². The van der Waals surface area contributed by atoms with Crippen LogP contribution in [0.1, 0.15) is 24.1 Å². The minimum absolute atomic E-state index is 0.256. The number of esters is 1. The molecule has 2 aliphatic rings. The van der Waals surface area contributed by atoms with Gasteiger partial charge in [0.15, 0.2) is 0 Å². The molecule has 2 heterocycles. The molecule has 0 spiro atoms. The number of hydrogen-bond acceptors (Lipinski definition) is 5. The maximum atomic E-state index is 12.6. The summed E-state index contributed by atoms with van der Waals surface area (Å²) in [5.74, 6) is -2.47. The minimum atomic E-state index is -1.22. The number of carbonyl (C=O) groups excluding carboxylic acids is 3. The van der Waals surface area contributed by atoms with Gasteiger partial charge < -0.3 is 4.74 Å². The van der Waals surface area contributed by atoms with Gasteiger partial charge in [0.1, 0.15) is 5.54 Å². The average Bonchev–Trinajstić information content (AvgIpc) is 2.97. The first-order valence-electron chi connectivity index (χ1n) is 7.56. The molecule has 0 aliphatic carbocycles. The van der Waals surface area contributed by atoms with E-state index < -0.39 is 29.4 Å². The van der Waals surface area contributed by atoms with Gasteiger partial charge in [0, 0.05) is 13.1 Å². The molecule has 2 aliphatic heterocycles. The van der Waals surface area contributed by atoms with E-state index in [1.807, 2.05) is 31.2 Å². The maximum Gasteiger partial charge on any atom is 0.326 e. The third kappa shape index (κ3) is 2.01. The Morgan fingerprint density at radius 3 is 2.52 bits per heavy atom. The molecule has 122 valence electrons. The first kappa shape index (κ1) is 15.7. The van der Waals surface area contributed by atoms with Crippen LogP contribution in [0.15, 0.2) is 24.3 Å². The number of aryl methyl sites for hydroxylation is 1. The summed E-state index contributed by atoms with van der Waals surface area (Å²) >= 11 is 0. The van der Waals surface area contributed by atoms with E-state index in [0.29, 0.717) is 0 Å². The summed E-state index contributed by atoms with van der Waals surface area (Å²) in [6, 6.07) is 7.27. The summed E-state index contributed by atoms with van der Waals surface area (Å²) in [6.07, 6.45) is 0. The highest BCUT2D eigenvalue weighted by Crippen LogP contribution is 2.49. The van der Waals surface area contributed by atoms with Crippen molar-refractivity contribution in [2.45, 2.75) is 25.4 Å². The number of hydrogen-bond donors (Lipinski definition) is 1. The summed E-state index contributed by atoms with van der Waals surface area (Å²) in [5, 5.41) is 3.22. The second-order valence-electron chi connectivity index (χ2n) is 6.41. The fourth-order valence-corrected chi connectivity index (χ4v) is 3.89. The maximum absolute atomic E-state index is 12.6. The number of rotatable bonds is 2. The van der Waals surface area contributed by atoms with Gasteiger partial charge in [-0.2, -0.15) is 0 Å². The SMILES string of the molecule is COC(=O)C1(C)NC(c2ccccc2C)C2C(=O)N(C)C(=O)C21. The first-order valence-corrected chi connectivity index (χ1v) is 7.56. The van der Waals surface area contributed by atoms with Gasteiger partial charge >= 0.3 is 5.97 Å². The Balaban J connectivity index is 2.14. The zero-order valence-electron chi connectivity index (χ0n) is 13.6. The van der Waals surface area contributed by atoms with Crippen LogP contribution in [-0.2, 0) is 19.1 Å². The van der Waals surface area contributed by atoms with Gasteiger partial charge in [-0.05, 0) is 25.0 Å². The van der Waals surface area contributed by atoms with Crippen LogP contribution in [0, 0.1) is 18.8 Å². The molecule has 2 fully saturated rings. The van der Waals surface area contributed by atoms with E-state index in [-0.39, 0.29) is 11.8 Å². The van der Waals surface area contributed by atoms with Crippen molar-refractivity contribution in [3.63, 3.8) is 0 Å². The topological polar surface area (TPSA) is 75.7 Å². The van der Waals surface area contributed by atoms with Gasteiger partial charge in [-0.25, -0.2) is 0 Å². The van der Waals surface area contributed by atoms with Gasteiger partial charge in [-0.3, -0.25) is 24.6 Å². The van der Waals surface area contributed by atoms with Crippen molar-refractivity contribution in [3.8, 4) is 0 Å². The summed E-state index contributed by atoms with van der Waals surface area (Å²) < 4.78 is 4.90. The summed E-state index contributed by atoms with van der Waals surface area (Å²) in [5.41, 5.74) is 0.711. The summed E-state index contributed by atoms with van der Waals surface area (Å²) in [4.78, 5) is 38.6. The number of carbonyl (C=O) groups is 3. The molecule has 4 atom stereocenters. The van der Waals surface area contributed by atoms with Crippen LogP contribution in [0.25, 0.3) is 0 Å². The Hall–Kier alpha value is -2.21. The lowest BCUT2D eigenvalue weighted by Gasteiger charge is -2.28. The van der Waals surface area contributed by atoms with E-state index in [1.165, 1.54) is 14.2 Å². The lowest BCUT2D eigenvalue weighted by molar-refractivity contribution is -0.152. The monoisotopic (exact) mass is 316 g/mol. The molecule has 1 aromatic rings. The van der Waals surface area contributed by atoms with E-state index in [1.54, 1.807) is 6.92 Å². The average molecular weight is 316 g/mol. The molecule has 0 aromatic heterocycles. The Labute approximate surface area is 134 Å². The Morgan fingerprint density at radius 2 is 1.91 bits per heavy atom. The molecular weight excluding hydrogens is 296 g/mol. The predicted molar refractivity (Wildman–Crippen MR) is 82.2 cm³/mol. The molecule has 2 amide bonds. The smallest absolute Gasteiger partial charge is 0.326 e. The van der Waals surface area contributed by atoms with Crippen LogP contribution in [0.5, 0.6) is 0 Å². The van der Waals surface area contributed by atoms with Gasteiger partial charge in [-0.1, -0.05) is 24.3 Å². The Kier molecular flexibility index (Phi) is 3.52. The van der Waals surface area contributed by atoms with E-state index in [9.17, 15) is 14.4 Å². The van der Waals surface area contributed by atoms with E-state index >= 15 is 0 Å². The van der Waals surface area contributed by atoms with Crippen molar-refractivity contribution in [2.75, 3.05) is 14.2 Å². The normalized spacial score (nSPS) is 33.0. The fraction of sp³-hybridized carbons (Fsp3) is 0.471. The van der Waals surface area contributed by atoms with E-state index in [0.717, 1.165) is 16.0 Å². The highest BCUT2D eigenvalue weighted by atomic mass is 16.5. The number of imide groups is 1. The number of amides is 2. The second kappa shape index (κ2) is 5.16. The Bertz CT molecular complexity index is 702. The largest absolute Gasteiger partial charge is 0.468 e. The van der Waals surface area contributed by atoms with Crippen molar-refractivity contribution in [1.29, 1.82) is 0 Å². The molecule has 0 saturated carbocycles. The highest BCUT2D eigenvalue weighted by molar-refractivity contribution is 6.09. The van der Waals surface area contributed by atoms with Gasteiger partial charge in [0.2, 0.25) is 11.8 Å². The van der Waals surface area contributed by atoms with Crippen LogP contribution < -0.4 is 5.32 Å². The number of fused-ring (bicyclic) bond motifs is 1. The minimum Gasteiger partial charge on any atom is -0.468 e. The Morgan fingerprint density at radius 1 is 1.26 bits per heavy atom. The second-order valence-corrected chi connectivity index (χ2v) is 6.41. The van der Waals surface area contributed by atoms with Crippen molar-refractivity contribution >= 4 is 17.8 Å². The lowest BCUT2D eigenvalue weighted by Crippen LogP contribution is -2.53. The molecular formula is C17H20N2O4. The van der Waals surface area contributed by atoms with Crippen LogP contribution in [0.3, 0.4) is 0 Å². The molecule has 1 aromatic carbocycles. The molecule has 4 unspecified atom stereocenters. The van der Waals surface area contributed by atoms with Crippen molar-refractivity contribution < 1.29 is 19.1 Å². The molecule has 2 saturated heterocycles. The molecule has 0 bridgehead atoms. The van der Waals surface area contributed by atoms with Crippen LogP contribution in [0.4, 0.5) is 0 Å². The molecule has 6 nitrogen and oxygen atoms in total. The highest BCUT2D eigenvalue weighted by Gasteiger charge is 2.66. The predicted octanol–water partition coefficient (Wildman–Crippen LogP) is 0.802. The number of ether oxygens (including phenoxy) is 1. The standard InChI is InChI=1S/C17H20N2O4/c1-9-7-5-6-8-10(9)13-11-12(15(21)19(3)14(11)20)17(2,18-13)16(22)23-4/h5-8,11-13,18H,1-4H3. The van der Waals surface area contributed by atoms with Gasteiger partial charge in [0.25, 0.3) is 0 Å². The molecule has 3 rings (SSSR count). The quantitative estimate of drug-likeness (QED) is 0.645. The van der Waals surface area contributed by atoms with E-state index in [2.05, 4.69) is 5.32 Å². The number of nitrogens with zero attached hydrogens (tertiary/aromatic N) is 1. The lowest BCUT2D eigenvalue weighted by atomic mass is 9.80. The van der Waals surface area contributed by atoms with Gasteiger partial charge in [-0.15, -0.1) is 0 Å². The molecule has 0 radical (unpaired) electrons. The van der Waals surface area contributed by atoms with Gasteiger partial charge in [0.05, 0.1) is 18.9 Å². The summed E-state index contributed by atoms with van der Waals surface area (Å²) in [6.45, 7) is 3.59. The van der Waals surface area contributed by atoms with Crippen LogP contribution in [0.2, 0.25) is 0 Å². The summed E-state index contributed by atoms with van der Waals surface area (Å²) in [7, 11) is 2.76. The van der Waals surface area contributed by atoms with Crippen LogP contribution >= 0.6 is 0 Å². The zero-order chi connectivity index (χ0) is 16.9. The number of likely N-dealkylation sites (tertiary alicyclic amines) is 1. The van der Waals surface area contributed by atoms with Crippen molar-refractivity contribution in [1.82, 2.24) is 10.2 Å². The fourth-order valence-electron chi connectivity index (χ4n) is 3.89. The third-order valence-electron chi connectivity index (χ3n) is 5.14. The number of methoxy groups -OCH3 is 1. The molecule has 6 heteroatoms.